The second-order valence-electron chi connectivity index (χ2n) is 5.25. The van der Waals surface area contributed by atoms with Gasteiger partial charge in [0.15, 0.2) is 0 Å². The average molecular weight is 337 g/mol. The Morgan fingerprint density at radius 3 is 2.75 bits per heavy atom. The van der Waals surface area contributed by atoms with Gasteiger partial charge in [0.25, 0.3) is 0 Å². The second-order valence-corrected chi connectivity index (χ2v) is 5.25. The molecule has 0 aliphatic rings. The van der Waals surface area contributed by atoms with Crippen LogP contribution in [0.2, 0.25) is 0 Å². The van der Waals surface area contributed by atoms with E-state index in [0.717, 1.165) is 23.8 Å². The topological polar surface area (TPSA) is 54.0 Å². The molecule has 1 aromatic carbocycles. The molecule has 0 bridgehead atoms. The van der Waals surface area contributed by atoms with E-state index in [1.165, 1.54) is 0 Å². The summed E-state index contributed by atoms with van der Waals surface area (Å²) in [6.45, 7) is -0.560. The third kappa shape index (κ3) is 5.26. The zero-order valence-electron chi connectivity index (χ0n) is 12.9. The van der Waals surface area contributed by atoms with E-state index < -0.39 is 24.3 Å². The third-order valence-corrected chi connectivity index (χ3v) is 3.52. The van der Waals surface area contributed by atoms with Crippen molar-refractivity contribution in [1.29, 1.82) is 0 Å². The van der Waals surface area contributed by atoms with E-state index in [-0.39, 0.29) is 31.0 Å². The SMILES string of the molecule is O=C(NCCF)NCC(Cc1cc(F)ccc1F)c1cccnc1. The summed E-state index contributed by atoms with van der Waals surface area (Å²) in [5.74, 6) is -1.33. The van der Waals surface area contributed by atoms with E-state index in [9.17, 15) is 18.0 Å². The zero-order valence-corrected chi connectivity index (χ0v) is 12.9. The van der Waals surface area contributed by atoms with Crippen LogP contribution in [0.3, 0.4) is 0 Å². The molecule has 7 heteroatoms. The number of nitrogens with one attached hydrogen (secondary N) is 2. The summed E-state index contributed by atoms with van der Waals surface area (Å²) in [6.07, 6.45) is 3.41. The molecule has 1 aromatic heterocycles. The first-order chi connectivity index (χ1) is 11.6. The first-order valence-corrected chi connectivity index (χ1v) is 7.51. The normalized spacial score (nSPS) is 11.8. The van der Waals surface area contributed by atoms with Crippen molar-refractivity contribution >= 4 is 6.03 Å². The number of alkyl halides is 1. The number of aromatic nitrogens is 1. The monoisotopic (exact) mass is 337 g/mol. The van der Waals surface area contributed by atoms with Crippen LogP contribution in [0.4, 0.5) is 18.0 Å². The van der Waals surface area contributed by atoms with Crippen LogP contribution in [-0.4, -0.2) is 30.8 Å². The highest BCUT2D eigenvalue weighted by Crippen LogP contribution is 2.22. The minimum absolute atomic E-state index is 0.0814. The number of carbonyl (C=O) groups is 1. The lowest BCUT2D eigenvalue weighted by Crippen LogP contribution is -2.39. The van der Waals surface area contributed by atoms with E-state index >= 15 is 0 Å². The maximum atomic E-state index is 13.9. The molecule has 1 unspecified atom stereocenters. The van der Waals surface area contributed by atoms with Crippen LogP contribution in [0.15, 0.2) is 42.7 Å². The number of rotatable bonds is 7. The molecule has 2 N–H and O–H groups in total. The summed E-state index contributed by atoms with van der Waals surface area (Å²) in [6, 6.07) is 6.29. The highest BCUT2D eigenvalue weighted by molar-refractivity contribution is 5.73. The van der Waals surface area contributed by atoms with Crippen molar-refractivity contribution in [2.45, 2.75) is 12.3 Å². The maximum absolute atomic E-state index is 13.9. The molecule has 0 saturated carbocycles. The van der Waals surface area contributed by atoms with Crippen molar-refractivity contribution < 1.29 is 18.0 Å². The molecule has 2 rings (SSSR count). The fourth-order valence-corrected chi connectivity index (χ4v) is 2.33. The number of amides is 2. The van der Waals surface area contributed by atoms with Crippen molar-refractivity contribution in [3.8, 4) is 0 Å². The Bertz CT molecular complexity index is 667. The quantitative estimate of drug-likeness (QED) is 0.816. The van der Waals surface area contributed by atoms with Gasteiger partial charge in [-0.3, -0.25) is 4.98 Å². The molecule has 1 heterocycles. The van der Waals surface area contributed by atoms with Crippen LogP contribution < -0.4 is 10.6 Å². The summed E-state index contributed by atoms with van der Waals surface area (Å²) in [7, 11) is 0. The van der Waals surface area contributed by atoms with Crippen LogP contribution in [0.1, 0.15) is 17.0 Å². The first-order valence-electron chi connectivity index (χ1n) is 7.51. The Labute approximate surface area is 138 Å². The average Bonchev–Trinajstić information content (AvgIpc) is 2.60. The van der Waals surface area contributed by atoms with Crippen molar-refractivity contribution in [2.24, 2.45) is 0 Å². The number of halogens is 3. The largest absolute Gasteiger partial charge is 0.338 e. The molecule has 24 heavy (non-hydrogen) atoms. The van der Waals surface area contributed by atoms with Crippen molar-refractivity contribution in [3.05, 3.63) is 65.5 Å². The predicted molar refractivity (Wildman–Crippen MR) is 84.4 cm³/mol. The van der Waals surface area contributed by atoms with E-state index in [1.807, 2.05) is 0 Å². The molecule has 0 saturated heterocycles. The Hall–Kier alpha value is -2.57. The van der Waals surface area contributed by atoms with E-state index in [0.29, 0.717) is 0 Å². The Balaban J connectivity index is 2.11. The fraction of sp³-hybridized carbons (Fsp3) is 0.294. The summed E-state index contributed by atoms with van der Waals surface area (Å²) in [5, 5.41) is 4.96. The van der Waals surface area contributed by atoms with Gasteiger partial charge in [-0.25, -0.2) is 18.0 Å². The van der Waals surface area contributed by atoms with Crippen LogP contribution in [0.5, 0.6) is 0 Å². The maximum Gasteiger partial charge on any atom is 0.314 e. The highest BCUT2D eigenvalue weighted by atomic mass is 19.1. The number of hydrogen-bond acceptors (Lipinski definition) is 2. The minimum atomic E-state index is -0.659. The highest BCUT2D eigenvalue weighted by Gasteiger charge is 2.17. The molecule has 2 amide bonds. The van der Waals surface area contributed by atoms with Gasteiger partial charge in [0.2, 0.25) is 0 Å². The summed E-state index contributed by atoms with van der Waals surface area (Å²) in [5.41, 5.74) is 1.00. The van der Waals surface area contributed by atoms with Gasteiger partial charge >= 0.3 is 6.03 Å². The van der Waals surface area contributed by atoms with Crippen molar-refractivity contribution in [3.63, 3.8) is 0 Å². The lowest BCUT2D eigenvalue weighted by Gasteiger charge is -2.18. The van der Waals surface area contributed by atoms with Crippen molar-refractivity contribution in [1.82, 2.24) is 15.6 Å². The molecular formula is C17H18F3N3O. The van der Waals surface area contributed by atoms with Crippen LogP contribution in [0, 0.1) is 11.6 Å². The Morgan fingerprint density at radius 1 is 1.21 bits per heavy atom. The summed E-state index contributed by atoms with van der Waals surface area (Å²) >= 11 is 0. The Kier molecular flexibility index (Phi) is 6.60. The van der Waals surface area contributed by atoms with E-state index in [2.05, 4.69) is 15.6 Å². The Morgan fingerprint density at radius 2 is 2.04 bits per heavy atom. The molecule has 0 fully saturated rings. The number of pyridine rings is 1. The van der Waals surface area contributed by atoms with Gasteiger partial charge in [-0.2, -0.15) is 0 Å². The molecule has 2 aromatic rings. The molecule has 4 nitrogen and oxygen atoms in total. The van der Waals surface area contributed by atoms with Crippen LogP contribution >= 0.6 is 0 Å². The number of carbonyl (C=O) groups excluding carboxylic acids is 1. The number of hydrogen-bond donors (Lipinski definition) is 2. The molecular weight excluding hydrogens is 319 g/mol. The smallest absolute Gasteiger partial charge is 0.314 e. The molecule has 128 valence electrons. The summed E-state index contributed by atoms with van der Waals surface area (Å²) < 4.78 is 39.3. The molecule has 0 aliphatic heterocycles. The molecule has 1 atom stereocenters. The van der Waals surface area contributed by atoms with Crippen LogP contribution in [0.25, 0.3) is 0 Å². The number of urea groups is 1. The first kappa shape index (κ1) is 17.8. The molecule has 0 spiro atoms. The van der Waals surface area contributed by atoms with E-state index in [1.54, 1.807) is 24.5 Å². The van der Waals surface area contributed by atoms with Gasteiger partial charge in [-0.1, -0.05) is 6.07 Å². The summed E-state index contributed by atoms with van der Waals surface area (Å²) in [4.78, 5) is 15.6. The third-order valence-electron chi connectivity index (χ3n) is 3.52. The zero-order chi connectivity index (χ0) is 17.4. The van der Waals surface area contributed by atoms with Crippen molar-refractivity contribution in [2.75, 3.05) is 19.8 Å². The van der Waals surface area contributed by atoms with Gasteiger partial charge < -0.3 is 10.6 Å². The minimum Gasteiger partial charge on any atom is -0.338 e. The molecule has 0 radical (unpaired) electrons. The van der Waals surface area contributed by atoms with Gasteiger partial charge in [0.1, 0.15) is 18.3 Å². The fourth-order valence-electron chi connectivity index (χ4n) is 2.33. The van der Waals surface area contributed by atoms with E-state index in [4.69, 9.17) is 0 Å². The standard InChI is InChI=1S/C17H18F3N3O/c18-5-7-22-17(24)23-11-14(12-2-1-6-21-10-12)8-13-9-15(19)3-4-16(13)20/h1-4,6,9-10,14H,5,7-8,11H2,(H2,22,23,24). The predicted octanol–water partition coefficient (Wildman–Crippen LogP) is 2.95. The van der Waals surface area contributed by atoms with Crippen LogP contribution in [-0.2, 0) is 6.42 Å². The second kappa shape index (κ2) is 8.90. The number of benzene rings is 1. The number of nitrogens with zero attached hydrogens (tertiary/aromatic N) is 1. The molecule has 0 aliphatic carbocycles. The lowest BCUT2D eigenvalue weighted by atomic mass is 9.92. The lowest BCUT2D eigenvalue weighted by molar-refractivity contribution is 0.239. The van der Waals surface area contributed by atoms with Gasteiger partial charge in [-0.15, -0.1) is 0 Å². The van der Waals surface area contributed by atoms with Gasteiger partial charge in [0.05, 0.1) is 0 Å². The van der Waals surface area contributed by atoms with Gasteiger partial charge in [0, 0.05) is 31.4 Å². The van der Waals surface area contributed by atoms with Gasteiger partial charge in [-0.05, 0) is 41.8 Å².